The third kappa shape index (κ3) is 4.12. The normalized spacial score (nSPS) is 12.2. The molecule has 0 aliphatic rings. The molecule has 5 nitrogen and oxygen atoms in total. The highest BCUT2D eigenvalue weighted by molar-refractivity contribution is 5.40. The van der Waals surface area contributed by atoms with Crippen LogP contribution < -0.4 is 10.6 Å². The summed E-state index contributed by atoms with van der Waals surface area (Å²) in [5.41, 5.74) is 0. The first kappa shape index (κ1) is 11.7. The molecule has 84 valence electrons. The Hall–Kier alpha value is -1.36. The molecule has 1 atom stereocenters. The van der Waals surface area contributed by atoms with E-state index in [9.17, 15) is 0 Å². The predicted molar refractivity (Wildman–Crippen MR) is 61.2 cm³/mol. The molecule has 0 saturated carbocycles. The van der Waals surface area contributed by atoms with E-state index in [0.29, 0.717) is 12.6 Å². The fourth-order valence-corrected chi connectivity index (χ4v) is 1.23. The van der Waals surface area contributed by atoms with Crippen molar-refractivity contribution in [3.8, 4) is 0 Å². The molecular formula is C10H18N4O. The van der Waals surface area contributed by atoms with Gasteiger partial charge in [-0.25, -0.2) is 4.98 Å². The molecule has 1 heterocycles. The first-order chi connectivity index (χ1) is 7.26. The zero-order valence-corrected chi connectivity index (χ0v) is 9.45. The maximum atomic E-state index is 5.03. The zero-order valence-electron chi connectivity index (χ0n) is 9.45. The van der Waals surface area contributed by atoms with Gasteiger partial charge < -0.3 is 15.4 Å². The van der Waals surface area contributed by atoms with Gasteiger partial charge in [-0.3, -0.25) is 0 Å². The Kier molecular flexibility index (Phi) is 4.83. The lowest BCUT2D eigenvalue weighted by Gasteiger charge is -2.13. The molecule has 0 spiro atoms. The van der Waals surface area contributed by atoms with Crippen LogP contribution in [0.15, 0.2) is 12.3 Å². The third-order valence-electron chi connectivity index (χ3n) is 1.80. The highest BCUT2D eigenvalue weighted by Crippen LogP contribution is 2.06. The average molecular weight is 210 g/mol. The summed E-state index contributed by atoms with van der Waals surface area (Å²) < 4.78 is 5.03. The first-order valence-corrected chi connectivity index (χ1v) is 5.08. The number of hydrogen-bond acceptors (Lipinski definition) is 5. The maximum absolute atomic E-state index is 5.03. The van der Waals surface area contributed by atoms with E-state index in [1.54, 1.807) is 13.3 Å². The summed E-state index contributed by atoms with van der Waals surface area (Å²) in [6.07, 6.45) is 1.73. The van der Waals surface area contributed by atoms with Crippen LogP contribution in [0.1, 0.15) is 13.8 Å². The smallest absolute Gasteiger partial charge is 0.224 e. The molecular weight excluding hydrogens is 192 g/mol. The Morgan fingerprint density at radius 1 is 1.53 bits per heavy atom. The minimum absolute atomic E-state index is 0.236. The van der Waals surface area contributed by atoms with Gasteiger partial charge in [0, 0.05) is 25.9 Å². The van der Waals surface area contributed by atoms with Gasteiger partial charge in [-0.1, -0.05) is 0 Å². The Labute approximate surface area is 90.3 Å². The van der Waals surface area contributed by atoms with E-state index >= 15 is 0 Å². The quantitative estimate of drug-likeness (QED) is 0.742. The summed E-state index contributed by atoms with van der Waals surface area (Å²) >= 11 is 0. The Bertz CT molecular complexity index is 293. The lowest BCUT2D eigenvalue weighted by atomic mass is 10.3. The van der Waals surface area contributed by atoms with Crippen LogP contribution in [0, 0.1) is 0 Å². The monoisotopic (exact) mass is 210 g/mol. The molecule has 0 aliphatic carbocycles. The van der Waals surface area contributed by atoms with E-state index < -0.39 is 0 Å². The molecule has 0 bridgehead atoms. The Morgan fingerprint density at radius 2 is 2.33 bits per heavy atom. The van der Waals surface area contributed by atoms with Gasteiger partial charge in [-0.2, -0.15) is 4.98 Å². The predicted octanol–water partition coefficient (Wildman–Crippen LogP) is 1.36. The second kappa shape index (κ2) is 6.19. The molecule has 2 N–H and O–H groups in total. The number of rotatable bonds is 6. The van der Waals surface area contributed by atoms with Gasteiger partial charge in [0.25, 0.3) is 0 Å². The molecule has 0 fully saturated rings. The molecule has 1 aromatic heterocycles. The van der Waals surface area contributed by atoms with Gasteiger partial charge >= 0.3 is 0 Å². The molecule has 0 aromatic carbocycles. The van der Waals surface area contributed by atoms with Crippen molar-refractivity contribution in [3.05, 3.63) is 12.3 Å². The molecule has 0 radical (unpaired) electrons. The van der Waals surface area contributed by atoms with E-state index in [1.807, 2.05) is 19.9 Å². The molecule has 15 heavy (non-hydrogen) atoms. The van der Waals surface area contributed by atoms with E-state index in [-0.39, 0.29) is 6.04 Å². The molecule has 0 amide bonds. The summed E-state index contributed by atoms with van der Waals surface area (Å²) in [5, 5.41) is 6.29. The largest absolute Gasteiger partial charge is 0.383 e. The van der Waals surface area contributed by atoms with Crippen LogP contribution in [0.4, 0.5) is 11.8 Å². The van der Waals surface area contributed by atoms with Crippen LogP contribution in [0.5, 0.6) is 0 Å². The third-order valence-corrected chi connectivity index (χ3v) is 1.80. The van der Waals surface area contributed by atoms with Crippen molar-refractivity contribution >= 4 is 11.8 Å². The van der Waals surface area contributed by atoms with E-state index in [2.05, 4.69) is 20.6 Å². The van der Waals surface area contributed by atoms with Crippen molar-refractivity contribution in [3.63, 3.8) is 0 Å². The first-order valence-electron chi connectivity index (χ1n) is 5.08. The number of ether oxygens (including phenoxy) is 1. The van der Waals surface area contributed by atoms with Gasteiger partial charge in [0.1, 0.15) is 5.82 Å². The number of nitrogens with zero attached hydrogens (tertiary/aromatic N) is 2. The van der Waals surface area contributed by atoms with Crippen LogP contribution in [0.3, 0.4) is 0 Å². The molecule has 1 unspecified atom stereocenters. The van der Waals surface area contributed by atoms with E-state index in [4.69, 9.17) is 4.74 Å². The zero-order chi connectivity index (χ0) is 11.1. The van der Waals surface area contributed by atoms with Gasteiger partial charge in [-0.05, 0) is 19.9 Å². The fraction of sp³-hybridized carbons (Fsp3) is 0.600. The topological polar surface area (TPSA) is 59.1 Å². The summed E-state index contributed by atoms with van der Waals surface area (Å²) in [7, 11) is 1.68. The average Bonchev–Trinajstić information content (AvgIpc) is 2.19. The van der Waals surface area contributed by atoms with Crippen molar-refractivity contribution in [1.29, 1.82) is 0 Å². The van der Waals surface area contributed by atoms with Crippen molar-refractivity contribution < 1.29 is 4.74 Å². The van der Waals surface area contributed by atoms with Crippen LogP contribution in [0.25, 0.3) is 0 Å². The van der Waals surface area contributed by atoms with Crippen molar-refractivity contribution in [2.24, 2.45) is 0 Å². The van der Waals surface area contributed by atoms with Gasteiger partial charge in [0.2, 0.25) is 5.95 Å². The standard InChI is InChI=1S/C10H18N4O/c1-4-11-10-12-6-5-9(14-10)13-8(2)7-15-3/h5-6,8H,4,7H2,1-3H3,(H2,11,12,13,14). The summed E-state index contributed by atoms with van der Waals surface area (Å²) in [6.45, 7) is 5.52. The highest BCUT2D eigenvalue weighted by atomic mass is 16.5. The summed E-state index contributed by atoms with van der Waals surface area (Å²) in [5.74, 6) is 1.46. The van der Waals surface area contributed by atoms with Crippen LogP contribution in [-0.2, 0) is 4.74 Å². The molecule has 5 heteroatoms. The molecule has 1 rings (SSSR count). The van der Waals surface area contributed by atoms with Crippen molar-refractivity contribution in [2.75, 3.05) is 30.9 Å². The van der Waals surface area contributed by atoms with Crippen LogP contribution in [0.2, 0.25) is 0 Å². The lowest BCUT2D eigenvalue weighted by Crippen LogP contribution is -2.21. The van der Waals surface area contributed by atoms with Crippen LogP contribution in [-0.4, -0.2) is 36.3 Å². The molecule has 1 aromatic rings. The number of hydrogen-bond donors (Lipinski definition) is 2. The molecule has 0 saturated heterocycles. The highest BCUT2D eigenvalue weighted by Gasteiger charge is 2.02. The minimum atomic E-state index is 0.236. The molecule has 0 aliphatic heterocycles. The Morgan fingerprint density at radius 3 is 3.00 bits per heavy atom. The number of methoxy groups -OCH3 is 1. The number of anilines is 2. The van der Waals surface area contributed by atoms with Gasteiger partial charge in [0.05, 0.1) is 6.61 Å². The minimum Gasteiger partial charge on any atom is -0.383 e. The van der Waals surface area contributed by atoms with E-state index in [0.717, 1.165) is 12.4 Å². The SMILES string of the molecule is CCNc1nccc(NC(C)COC)n1. The second-order valence-corrected chi connectivity index (χ2v) is 3.30. The number of nitrogens with one attached hydrogen (secondary N) is 2. The maximum Gasteiger partial charge on any atom is 0.224 e. The van der Waals surface area contributed by atoms with Crippen LogP contribution >= 0.6 is 0 Å². The fourth-order valence-electron chi connectivity index (χ4n) is 1.23. The number of aromatic nitrogens is 2. The van der Waals surface area contributed by atoms with Crippen molar-refractivity contribution in [1.82, 2.24) is 9.97 Å². The van der Waals surface area contributed by atoms with E-state index in [1.165, 1.54) is 0 Å². The Balaban J connectivity index is 2.56. The lowest BCUT2D eigenvalue weighted by molar-refractivity contribution is 0.190. The van der Waals surface area contributed by atoms with Gasteiger partial charge in [-0.15, -0.1) is 0 Å². The summed E-state index contributed by atoms with van der Waals surface area (Å²) in [6, 6.07) is 2.08. The van der Waals surface area contributed by atoms with Gasteiger partial charge in [0.15, 0.2) is 0 Å². The van der Waals surface area contributed by atoms with Crippen molar-refractivity contribution in [2.45, 2.75) is 19.9 Å². The summed E-state index contributed by atoms with van der Waals surface area (Å²) in [4.78, 5) is 8.38. The second-order valence-electron chi connectivity index (χ2n) is 3.30.